The topological polar surface area (TPSA) is 93.6 Å². The van der Waals surface area contributed by atoms with Crippen molar-refractivity contribution in [3.8, 4) is 16.3 Å². The van der Waals surface area contributed by atoms with Gasteiger partial charge in [0.05, 0.1) is 19.2 Å². The Morgan fingerprint density at radius 2 is 1.94 bits per heavy atom. The number of hydrogen-bond acceptors (Lipinski definition) is 7. The van der Waals surface area contributed by atoms with Crippen molar-refractivity contribution < 1.29 is 19.1 Å². The molecule has 2 heterocycles. The molecule has 2 amide bonds. The molecule has 0 spiro atoms. The second-order valence-electron chi connectivity index (χ2n) is 8.61. The van der Waals surface area contributed by atoms with Crippen molar-refractivity contribution in [2.45, 2.75) is 39.3 Å². The van der Waals surface area contributed by atoms with Gasteiger partial charge in [-0.05, 0) is 51.0 Å². The average molecular weight is 483 g/mol. The highest BCUT2D eigenvalue weighted by Crippen LogP contribution is 2.31. The zero-order chi connectivity index (χ0) is 24.6. The zero-order valence-corrected chi connectivity index (χ0v) is 20.7. The lowest BCUT2D eigenvalue weighted by Crippen LogP contribution is -2.38. The number of benzene rings is 1. The van der Waals surface area contributed by atoms with Crippen molar-refractivity contribution in [1.29, 1.82) is 0 Å². The van der Waals surface area contributed by atoms with Crippen molar-refractivity contribution in [3.63, 3.8) is 0 Å². The summed E-state index contributed by atoms with van der Waals surface area (Å²) in [4.78, 5) is 35.5. The number of thiazole rings is 1. The van der Waals surface area contributed by atoms with E-state index in [0.717, 1.165) is 16.1 Å². The number of nitrogens with one attached hydrogen (secondary N) is 1. The van der Waals surface area contributed by atoms with Gasteiger partial charge in [0.1, 0.15) is 22.1 Å². The molecule has 34 heavy (non-hydrogen) atoms. The highest BCUT2D eigenvalue weighted by atomic mass is 32.1. The smallest absolute Gasteiger partial charge is 0.410 e. The summed E-state index contributed by atoms with van der Waals surface area (Å²) in [6.45, 7) is 6.70. The molecule has 8 nitrogen and oxygen atoms in total. The Morgan fingerprint density at radius 3 is 2.65 bits per heavy atom. The molecule has 0 unspecified atom stereocenters. The molecule has 1 N–H and O–H groups in total. The van der Waals surface area contributed by atoms with Gasteiger partial charge in [-0.25, -0.2) is 9.78 Å². The molecule has 0 bridgehead atoms. The van der Waals surface area contributed by atoms with Gasteiger partial charge in [0.2, 0.25) is 0 Å². The van der Waals surface area contributed by atoms with E-state index in [1.54, 1.807) is 29.8 Å². The quantitative estimate of drug-likeness (QED) is 0.442. The van der Waals surface area contributed by atoms with Gasteiger partial charge in [-0.1, -0.05) is 18.2 Å². The summed E-state index contributed by atoms with van der Waals surface area (Å²) in [5.41, 5.74) is 1.51. The minimum atomic E-state index is -0.595. The van der Waals surface area contributed by atoms with Crippen LogP contribution in [0.4, 0.5) is 4.79 Å². The second kappa shape index (κ2) is 11.6. The van der Waals surface area contributed by atoms with Gasteiger partial charge in [0.25, 0.3) is 5.91 Å². The first-order valence-electron chi connectivity index (χ1n) is 11.0. The van der Waals surface area contributed by atoms with E-state index >= 15 is 0 Å². The van der Waals surface area contributed by atoms with Crippen molar-refractivity contribution in [3.05, 3.63) is 65.4 Å². The zero-order valence-electron chi connectivity index (χ0n) is 19.9. The summed E-state index contributed by atoms with van der Waals surface area (Å²) in [7, 11) is 1.61. The SMILES string of the molecule is COc1ccccc1-c1nc(C(=O)NCCCN(Cc2cccnc2)C(=O)OC(C)(C)C)cs1. The van der Waals surface area contributed by atoms with Gasteiger partial charge in [-0.3, -0.25) is 9.78 Å². The van der Waals surface area contributed by atoms with E-state index < -0.39 is 11.7 Å². The maximum Gasteiger partial charge on any atom is 0.410 e. The highest BCUT2D eigenvalue weighted by molar-refractivity contribution is 7.13. The van der Waals surface area contributed by atoms with E-state index in [0.29, 0.717) is 37.5 Å². The van der Waals surface area contributed by atoms with E-state index in [9.17, 15) is 9.59 Å². The van der Waals surface area contributed by atoms with Crippen LogP contribution in [0.1, 0.15) is 43.2 Å². The third-order valence-corrected chi connectivity index (χ3v) is 5.59. The molecule has 0 fully saturated rings. The van der Waals surface area contributed by atoms with E-state index in [1.165, 1.54) is 11.3 Å². The Bertz CT molecular complexity index is 1100. The van der Waals surface area contributed by atoms with E-state index in [4.69, 9.17) is 9.47 Å². The maximum absolute atomic E-state index is 12.7. The lowest BCUT2D eigenvalue weighted by atomic mass is 10.2. The molecule has 3 rings (SSSR count). The Hall–Kier alpha value is -3.46. The molecule has 0 atom stereocenters. The Kier molecular flexibility index (Phi) is 8.59. The average Bonchev–Trinajstić information content (AvgIpc) is 3.30. The van der Waals surface area contributed by atoms with Gasteiger partial charge in [-0.15, -0.1) is 11.3 Å². The van der Waals surface area contributed by atoms with Gasteiger partial charge < -0.3 is 19.7 Å². The molecule has 0 radical (unpaired) electrons. The Labute approximate surface area is 203 Å². The van der Waals surface area contributed by atoms with Crippen molar-refractivity contribution in [2.24, 2.45) is 0 Å². The van der Waals surface area contributed by atoms with Crippen LogP contribution in [0, 0.1) is 0 Å². The monoisotopic (exact) mass is 482 g/mol. The largest absolute Gasteiger partial charge is 0.496 e. The number of carbonyl (C=O) groups is 2. The molecule has 0 aliphatic rings. The van der Waals surface area contributed by atoms with E-state index in [1.807, 2.05) is 57.2 Å². The lowest BCUT2D eigenvalue weighted by molar-refractivity contribution is 0.0232. The minimum absolute atomic E-state index is 0.256. The molecular formula is C25H30N4O4S. The number of nitrogens with zero attached hydrogens (tertiary/aromatic N) is 3. The number of pyridine rings is 1. The van der Waals surface area contributed by atoms with Gasteiger partial charge in [-0.2, -0.15) is 0 Å². The number of amides is 2. The molecule has 0 aliphatic heterocycles. The normalized spacial score (nSPS) is 11.1. The first-order chi connectivity index (χ1) is 16.3. The maximum atomic E-state index is 12.7. The molecule has 0 aliphatic carbocycles. The summed E-state index contributed by atoms with van der Waals surface area (Å²) in [5, 5.41) is 5.33. The summed E-state index contributed by atoms with van der Waals surface area (Å²) < 4.78 is 10.9. The Morgan fingerprint density at radius 1 is 1.15 bits per heavy atom. The number of para-hydroxylation sites is 1. The molecule has 1 aromatic carbocycles. The van der Waals surface area contributed by atoms with Crippen LogP contribution in [0.25, 0.3) is 10.6 Å². The third kappa shape index (κ3) is 7.28. The fraction of sp³-hybridized carbons (Fsp3) is 0.360. The van der Waals surface area contributed by atoms with E-state index in [-0.39, 0.29) is 5.91 Å². The van der Waals surface area contributed by atoms with Crippen LogP contribution in [0.5, 0.6) is 5.75 Å². The summed E-state index contributed by atoms with van der Waals surface area (Å²) in [6, 6.07) is 11.3. The number of rotatable bonds is 9. The van der Waals surface area contributed by atoms with Crippen LogP contribution >= 0.6 is 11.3 Å². The molecule has 180 valence electrons. The Balaban J connectivity index is 1.56. The van der Waals surface area contributed by atoms with Crippen LogP contribution < -0.4 is 10.1 Å². The predicted molar refractivity (Wildman–Crippen MR) is 132 cm³/mol. The van der Waals surface area contributed by atoms with Gasteiger partial charge in [0, 0.05) is 30.9 Å². The first kappa shape index (κ1) is 25.2. The lowest BCUT2D eigenvalue weighted by Gasteiger charge is -2.27. The summed E-state index contributed by atoms with van der Waals surface area (Å²) >= 11 is 1.39. The van der Waals surface area contributed by atoms with E-state index in [2.05, 4.69) is 15.3 Å². The number of aromatic nitrogens is 2. The molecule has 2 aromatic heterocycles. The molecule has 0 saturated carbocycles. The highest BCUT2D eigenvalue weighted by Gasteiger charge is 2.22. The standard InChI is InChI=1S/C25H30N4O4S/c1-25(2,3)33-24(31)29(16-18-9-7-12-26-15-18)14-8-13-27-22(30)20-17-34-23(28-20)19-10-5-6-11-21(19)32-4/h5-7,9-12,15,17H,8,13-14,16H2,1-4H3,(H,27,30). The van der Waals surface area contributed by atoms with Gasteiger partial charge in [0.15, 0.2) is 0 Å². The van der Waals surface area contributed by atoms with Gasteiger partial charge >= 0.3 is 6.09 Å². The predicted octanol–water partition coefficient (Wildman–Crippen LogP) is 4.77. The molecule has 9 heteroatoms. The van der Waals surface area contributed by atoms with Crippen molar-refractivity contribution in [1.82, 2.24) is 20.2 Å². The van der Waals surface area contributed by atoms with Crippen LogP contribution in [-0.2, 0) is 11.3 Å². The fourth-order valence-electron chi connectivity index (χ4n) is 3.16. The fourth-order valence-corrected chi connectivity index (χ4v) is 3.99. The summed E-state index contributed by atoms with van der Waals surface area (Å²) in [6.07, 6.45) is 3.58. The van der Waals surface area contributed by atoms with Crippen LogP contribution in [-0.4, -0.2) is 52.7 Å². The molecular weight excluding hydrogens is 452 g/mol. The number of ether oxygens (including phenoxy) is 2. The summed E-state index contributed by atoms with van der Waals surface area (Å²) in [5.74, 6) is 0.452. The van der Waals surface area contributed by atoms with Crippen LogP contribution in [0.15, 0.2) is 54.2 Å². The first-order valence-corrected chi connectivity index (χ1v) is 11.9. The molecule has 0 saturated heterocycles. The van der Waals surface area contributed by atoms with Crippen molar-refractivity contribution >= 4 is 23.3 Å². The second-order valence-corrected chi connectivity index (χ2v) is 9.47. The third-order valence-electron chi connectivity index (χ3n) is 4.71. The van der Waals surface area contributed by atoms with Crippen LogP contribution in [0.3, 0.4) is 0 Å². The van der Waals surface area contributed by atoms with Crippen LogP contribution in [0.2, 0.25) is 0 Å². The number of carbonyl (C=O) groups excluding carboxylic acids is 2. The number of methoxy groups -OCH3 is 1. The minimum Gasteiger partial charge on any atom is -0.496 e. The van der Waals surface area contributed by atoms with Crippen molar-refractivity contribution in [2.75, 3.05) is 20.2 Å². The molecule has 3 aromatic rings. The number of hydrogen-bond donors (Lipinski definition) is 1.